The lowest BCUT2D eigenvalue weighted by molar-refractivity contribution is -0.143. The minimum Gasteiger partial charge on any atom is -0.307 e. The number of aromatic nitrogens is 3. The van der Waals surface area contributed by atoms with Gasteiger partial charge in [0, 0.05) is 27.1 Å². The van der Waals surface area contributed by atoms with Crippen LogP contribution in [0.25, 0.3) is 111 Å². The van der Waals surface area contributed by atoms with Gasteiger partial charge in [0.1, 0.15) is 5.82 Å². The van der Waals surface area contributed by atoms with E-state index in [1.54, 1.807) is 94.1 Å². The third kappa shape index (κ3) is 8.12. The fourth-order valence-corrected chi connectivity index (χ4v) is 10.6. The molecule has 0 bridgehead atoms. The molecule has 370 valence electrons. The molecular formula is C65H33F6N7. The van der Waals surface area contributed by atoms with E-state index in [2.05, 4.69) is 24.3 Å². The molecule has 78 heavy (non-hydrogen) atoms. The Labute approximate surface area is 440 Å². The summed E-state index contributed by atoms with van der Waals surface area (Å²) in [6, 6.07) is 62.6. The molecule has 0 aliphatic rings. The van der Waals surface area contributed by atoms with Crippen molar-refractivity contribution in [2.24, 2.45) is 0 Å². The first-order valence-corrected chi connectivity index (χ1v) is 24.2. The van der Waals surface area contributed by atoms with Crippen LogP contribution in [-0.2, 0) is 12.4 Å². The van der Waals surface area contributed by atoms with E-state index < -0.39 is 29.0 Å². The van der Waals surface area contributed by atoms with Gasteiger partial charge in [-0.25, -0.2) is 4.98 Å². The Hall–Kier alpha value is -10.7. The molecule has 0 amide bonds. The third-order valence-electron chi connectivity index (χ3n) is 14.2. The van der Waals surface area contributed by atoms with Crippen LogP contribution in [0.4, 0.5) is 26.3 Å². The van der Waals surface area contributed by atoms with E-state index in [1.165, 1.54) is 12.3 Å². The van der Waals surface area contributed by atoms with Crippen molar-refractivity contribution in [1.82, 2.24) is 14.1 Å². The molecule has 0 saturated carbocycles. The highest BCUT2D eigenvalue weighted by molar-refractivity contribution is 6.14. The van der Waals surface area contributed by atoms with Gasteiger partial charge in [0.25, 0.3) is 0 Å². The van der Waals surface area contributed by atoms with Crippen LogP contribution >= 0.6 is 0 Å². The van der Waals surface area contributed by atoms with Crippen LogP contribution in [0.2, 0.25) is 0 Å². The molecule has 0 fully saturated rings. The number of alkyl halides is 6. The van der Waals surface area contributed by atoms with E-state index in [0.29, 0.717) is 123 Å². The number of halogens is 6. The summed E-state index contributed by atoms with van der Waals surface area (Å²) in [5, 5.41) is 43.1. The number of rotatable bonds is 7. The molecule has 0 N–H and O–H groups in total. The van der Waals surface area contributed by atoms with E-state index in [4.69, 9.17) is 4.98 Å². The van der Waals surface area contributed by atoms with Gasteiger partial charge >= 0.3 is 12.4 Å². The maximum absolute atomic E-state index is 14.9. The van der Waals surface area contributed by atoms with E-state index in [9.17, 15) is 47.4 Å². The highest BCUT2D eigenvalue weighted by atomic mass is 19.4. The normalized spacial score (nSPS) is 11.7. The molecule has 13 heteroatoms. The van der Waals surface area contributed by atoms with Crippen LogP contribution < -0.4 is 0 Å². The van der Waals surface area contributed by atoms with Crippen LogP contribution in [0.3, 0.4) is 0 Å². The number of hydrogen-bond donors (Lipinski definition) is 0. The van der Waals surface area contributed by atoms with Gasteiger partial charge < -0.3 is 4.57 Å². The predicted octanol–water partition coefficient (Wildman–Crippen LogP) is 17.1. The Morgan fingerprint density at radius 1 is 0.333 bits per heavy atom. The molecule has 0 radical (unpaired) electrons. The third-order valence-corrected chi connectivity index (χ3v) is 14.2. The molecule has 0 atom stereocenters. The summed E-state index contributed by atoms with van der Waals surface area (Å²) in [5.41, 5.74) is 5.95. The second-order valence-electron chi connectivity index (χ2n) is 18.6. The first kappa shape index (κ1) is 48.2. The van der Waals surface area contributed by atoms with Gasteiger partial charge in [0.05, 0.1) is 91.6 Å². The van der Waals surface area contributed by atoms with Crippen LogP contribution in [0.15, 0.2) is 200 Å². The van der Waals surface area contributed by atoms with Crippen LogP contribution in [0.1, 0.15) is 33.4 Å². The zero-order valence-electron chi connectivity index (χ0n) is 40.5. The van der Waals surface area contributed by atoms with E-state index >= 15 is 0 Å². The second-order valence-corrected chi connectivity index (χ2v) is 18.6. The summed E-state index contributed by atoms with van der Waals surface area (Å²) < 4.78 is 92.9. The van der Waals surface area contributed by atoms with Gasteiger partial charge in [0.15, 0.2) is 0 Å². The number of nitrogens with zero attached hydrogens (tertiary/aromatic N) is 7. The fourth-order valence-electron chi connectivity index (χ4n) is 10.6. The number of fused-ring (bicyclic) bond motifs is 6. The Bertz CT molecular complexity index is 4400. The summed E-state index contributed by atoms with van der Waals surface area (Å²) >= 11 is 0. The first-order chi connectivity index (χ1) is 37.8. The summed E-state index contributed by atoms with van der Waals surface area (Å²) in [4.78, 5) is 5.05. The van der Waals surface area contributed by atoms with Gasteiger partial charge in [-0.2, -0.15) is 47.4 Å². The van der Waals surface area contributed by atoms with Crippen molar-refractivity contribution in [1.29, 1.82) is 21.0 Å². The van der Waals surface area contributed by atoms with Gasteiger partial charge in [0.2, 0.25) is 0 Å². The van der Waals surface area contributed by atoms with E-state index in [1.807, 2.05) is 84.9 Å². The Morgan fingerprint density at radius 2 is 0.654 bits per heavy atom. The molecule has 12 aromatic rings. The standard InChI is InChI=1S/C65H33F6N7/c66-64(67,68)47-25-46(26-48(31-47)65(69,70)71)53-32-63(78-60-23-19-40(51-15-7-3-11-44(51)35-74)29-56(60)57-30-41(20-24-61(57)78)52-16-8-4-12-45(52)36-75)76-37-62(53)77-58-21-17-38(49-13-5-1-9-42(49)33-72)27-54(58)55-28-39(18-22-59(55)77)50-14-6-2-10-43(50)34-73/h1-32,37H. The molecule has 0 aliphatic carbocycles. The Morgan fingerprint density at radius 3 is 0.974 bits per heavy atom. The van der Waals surface area contributed by atoms with Crippen LogP contribution in [0.5, 0.6) is 0 Å². The molecule has 3 heterocycles. The first-order valence-electron chi connectivity index (χ1n) is 24.2. The zero-order chi connectivity index (χ0) is 54.0. The Kier molecular flexibility index (Phi) is 11.5. The molecule has 9 aromatic carbocycles. The van der Waals surface area contributed by atoms with Crippen molar-refractivity contribution < 1.29 is 26.3 Å². The number of hydrogen-bond acceptors (Lipinski definition) is 5. The molecule has 0 spiro atoms. The second kappa shape index (κ2) is 18.6. The maximum Gasteiger partial charge on any atom is 0.416 e. The highest BCUT2D eigenvalue weighted by Gasteiger charge is 2.37. The number of nitriles is 4. The zero-order valence-corrected chi connectivity index (χ0v) is 40.5. The largest absolute Gasteiger partial charge is 0.416 e. The Balaban J connectivity index is 1.18. The molecule has 0 aliphatic heterocycles. The fraction of sp³-hybridized carbons (Fsp3) is 0.0308. The highest BCUT2D eigenvalue weighted by Crippen LogP contribution is 2.45. The van der Waals surface area contributed by atoms with Crippen LogP contribution in [0, 0.1) is 45.3 Å². The SMILES string of the molecule is N#Cc1ccccc1-c1ccc2c(c1)c1cc(-c3ccccc3C#N)ccc1n2-c1cc(-c2cc(C(F)(F)F)cc(C(F)(F)F)c2)c(-n2c3ccc(-c4ccccc4C#N)cc3c3cc(-c4ccccc4C#N)ccc32)cn1. The summed E-state index contributed by atoms with van der Waals surface area (Å²) in [6.45, 7) is 0. The molecule has 12 rings (SSSR count). The lowest BCUT2D eigenvalue weighted by Crippen LogP contribution is -2.11. The van der Waals surface area contributed by atoms with Crippen molar-refractivity contribution in [2.45, 2.75) is 12.4 Å². The monoisotopic (exact) mass is 1030 g/mol. The number of benzene rings is 9. The lowest BCUT2D eigenvalue weighted by atomic mass is 9.96. The van der Waals surface area contributed by atoms with Crippen molar-refractivity contribution >= 4 is 43.6 Å². The average molecular weight is 1030 g/mol. The smallest absolute Gasteiger partial charge is 0.307 e. The molecule has 7 nitrogen and oxygen atoms in total. The van der Waals surface area contributed by atoms with Gasteiger partial charge in [-0.3, -0.25) is 4.57 Å². The van der Waals surface area contributed by atoms with Crippen molar-refractivity contribution in [3.05, 3.63) is 234 Å². The van der Waals surface area contributed by atoms with Crippen molar-refractivity contribution in [2.75, 3.05) is 0 Å². The lowest BCUT2D eigenvalue weighted by Gasteiger charge is -2.19. The molecule has 3 aromatic heterocycles. The van der Waals surface area contributed by atoms with E-state index in [-0.39, 0.29) is 23.1 Å². The summed E-state index contributed by atoms with van der Waals surface area (Å²) in [7, 11) is 0. The minimum absolute atomic E-state index is 0.0256. The predicted molar refractivity (Wildman–Crippen MR) is 289 cm³/mol. The van der Waals surface area contributed by atoms with Gasteiger partial charge in [-0.1, -0.05) is 97.1 Å². The summed E-state index contributed by atoms with van der Waals surface area (Å²) in [6.07, 6.45) is -8.91. The quantitative estimate of drug-likeness (QED) is 0.147. The van der Waals surface area contributed by atoms with Crippen LogP contribution in [-0.4, -0.2) is 14.1 Å². The molecule has 0 unspecified atom stereocenters. The molecule has 0 saturated heterocycles. The van der Waals surface area contributed by atoms with Crippen molar-refractivity contribution in [3.8, 4) is 91.4 Å². The topological polar surface area (TPSA) is 118 Å². The van der Waals surface area contributed by atoms with Crippen molar-refractivity contribution in [3.63, 3.8) is 0 Å². The van der Waals surface area contributed by atoms with Gasteiger partial charge in [-0.05, 0) is 147 Å². The maximum atomic E-state index is 14.9. The van der Waals surface area contributed by atoms with Gasteiger partial charge in [-0.15, -0.1) is 0 Å². The number of pyridine rings is 1. The van der Waals surface area contributed by atoms with E-state index in [0.717, 1.165) is 0 Å². The average Bonchev–Trinajstić information content (AvgIpc) is 4.08. The summed E-state index contributed by atoms with van der Waals surface area (Å²) in [5.74, 6) is 0.154. The molecular weight excluding hydrogens is 993 g/mol. The minimum atomic E-state index is -5.18.